The lowest BCUT2D eigenvalue weighted by Crippen LogP contribution is -2.27. The molecule has 1 aliphatic rings. The van der Waals surface area contributed by atoms with Gasteiger partial charge in [-0.1, -0.05) is 42.0 Å². The van der Waals surface area contributed by atoms with Crippen molar-refractivity contribution in [1.29, 1.82) is 0 Å². The normalized spacial score (nSPS) is 13.8. The zero-order valence-corrected chi connectivity index (χ0v) is 12.6. The number of aryl methyl sites for hydroxylation is 1. The van der Waals surface area contributed by atoms with Gasteiger partial charge in [-0.25, -0.2) is 0 Å². The Hall–Kier alpha value is -0.870. The van der Waals surface area contributed by atoms with Crippen LogP contribution in [-0.2, 0) is 0 Å². The first-order chi connectivity index (χ1) is 7.65. The number of hydrogen-bond donors (Lipinski definition) is 0. The van der Waals surface area contributed by atoms with Crippen molar-refractivity contribution < 1.29 is 0 Å². The van der Waals surface area contributed by atoms with Crippen molar-refractivity contribution in [3.63, 3.8) is 0 Å². The van der Waals surface area contributed by atoms with Crippen molar-refractivity contribution >= 4 is 34.1 Å². The first-order valence-corrected chi connectivity index (χ1v) is 5.78. The summed E-state index contributed by atoms with van der Waals surface area (Å²) < 4.78 is 0. The van der Waals surface area contributed by atoms with Crippen LogP contribution in [0.3, 0.4) is 0 Å². The van der Waals surface area contributed by atoms with Crippen LogP contribution < -0.4 is 0 Å². The second-order valence-electron chi connectivity index (χ2n) is 4.23. The monoisotopic (exact) mass is 312 g/mol. The van der Waals surface area contributed by atoms with Gasteiger partial charge in [-0.05, 0) is 12.5 Å². The van der Waals surface area contributed by atoms with Crippen LogP contribution in [0.5, 0.6) is 0 Å². The molecular formula is C13H17BrN2S. The quantitative estimate of drug-likeness (QED) is 0.626. The molecule has 92 valence electrons. The lowest BCUT2D eigenvalue weighted by Gasteiger charge is -2.18. The Balaban J connectivity index is 0.00000144. The Bertz CT molecular complexity index is 414. The van der Waals surface area contributed by atoms with Gasteiger partial charge in [0.25, 0.3) is 0 Å². The van der Waals surface area contributed by atoms with Gasteiger partial charge >= 0.3 is 0 Å². The Morgan fingerprint density at radius 3 is 2.41 bits per heavy atom. The third-order valence-corrected chi connectivity index (χ3v) is 3.02. The molecule has 0 aliphatic carbocycles. The Kier molecular flexibility index (Phi) is 5.15. The molecule has 0 saturated heterocycles. The molecule has 1 heterocycles. The van der Waals surface area contributed by atoms with Gasteiger partial charge in [-0.2, -0.15) is 0 Å². The summed E-state index contributed by atoms with van der Waals surface area (Å²) in [4.78, 5) is 5.35. The van der Waals surface area contributed by atoms with Crippen molar-refractivity contribution in [1.82, 2.24) is 9.80 Å². The third-order valence-electron chi connectivity index (χ3n) is 2.66. The van der Waals surface area contributed by atoms with Gasteiger partial charge in [0.2, 0.25) is 0 Å². The summed E-state index contributed by atoms with van der Waals surface area (Å²) in [6, 6.07) is 8.41. The molecule has 2 rings (SSSR count). The molecule has 0 amide bonds. The Morgan fingerprint density at radius 2 is 1.88 bits per heavy atom. The first kappa shape index (κ1) is 14.2. The van der Waals surface area contributed by atoms with Gasteiger partial charge in [0, 0.05) is 24.3 Å². The summed E-state index contributed by atoms with van der Waals surface area (Å²) in [6.07, 6.45) is 4.15. The van der Waals surface area contributed by atoms with E-state index in [2.05, 4.69) is 60.4 Å². The maximum atomic E-state index is 5.44. The van der Waals surface area contributed by atoms with E-state index in [0.717, 1.165) is 23.6 Å². The lowest BCUT2D eigenvalue weighted by atomic mass is 10.1. The maximum absolute atomic E-state index is 5.44. The predicted octanol–water partition coefficient (Wildman–Crippen LogP) is 2.97. The molecule has 1 aliphatic heterocycles. The second-order valence-corrected chi connectivity index (χ2v) is 4.73. The van der Waals surface area contributed by atoms with Crippen LogP contribution in [-0.4, -0.2) is 34.9 Å². The van der Waals surface area contributed by atoms with E-state index in [0.29, 0.717) is 0 Å². The summed E-state index contributed by atoms with van der Waals surface area (Å²) >= 11 is 5.44. The molecule has 0 radical (unpaired) electrons. The van der Waals surface area contributed by atoms with E-state index in [-0.39, 0.29) is 17.0 Å². The van der Waals surface area contributed by atoms with E-state index in [1.165, 1.54) is 5.56 Å². The molecule has 17 heavy (non-hydrogen) atoms. The highest BCUT2D eigenvalue weighted by Crippen LogP contribution is 2.09. The number of rotatable bonds is 3. The van der Waals surface area contributed by atoms with E-state index in [1.54, 1.807) is 0 Å². The summed E-state index contributed by atoms with van der Waals surface area (Å²) in [5.41, 5.74) is 2.43. The molecule has 1 aromatic carbocycles. The lowest BCUT2D eigenvalue weighted by molar-refractivity contribution is 0.325. The van der Waals surface area contributed by atoms with Gasteiger partial charge in [0.05, 0.1) is 13.2 Å². The highest BCUT2D eigenvalue weighted by atomic mass is 79.9. The van der Waals surface area contributed by atoms with E-state index in [4.69, 9.17) is 12.2 Å². The second kappa shape index (κ2) is 6.17. The summed E-state index contributed by atoms with van der Waals surface area (Å²) in [5.74, 6) is 0. The first-order valence-electron chi connectivity index (χ1n) is 5.37. The molecule has 1 aromatic rings. The van der Waals surface area contributed by atoms with Crippen molar-refractivity contribution in [2.45, 2.75) is 6.92 Å². The number of benzene rings is 1. The highest BCUT2D eigenvalue weighted by Gasteiger charge is 2.11. The fourth-order valence-corrected chi connectivity index (χ4v) is 2.01. The van der Waals surface area contributed by atoms with Gasteiger partial charge in [-0.3, -0.25) is 0 Å². The predicted molar refractivity (Wildman–Crippen MR) is 81.7 cm³/mol. The van der Waals surface area contributed by atoms with Crippen molar-refractivity contribution in [2.24, 2.45) is 0 Å². The molecule has 0 atom stereocenters. The van der Waals surface area contributed by atoms with Gasteiger partial charge in [0.1, 0.15) is 0 Å². The highest BCUT2D eigenvalue weighted by molar-refractivity contribution is 8.93. The van der Waals surface area contributed by atoms with Crippen LogP contribution in [0.4, 0.5) is 0 Å². The molecule has 4 heteroatoms. The zero-order chi connectivity index (χ0) is 11.5. The minimum Gasteiger partial charge on any atom is -0.362 e. The minimum absolute atomic E-state index is 0. The van der Waals surface area contributed by atoms with E-state index < -0.39 is 0 Å². The molecule has 0 saturated carbocycles. The maximum Gasteiger partial charge on any atom is 0.0894 e. The number of hydrogen-bond acceptors (Lipinski definition) is 3. The smallest absolute Gasteiger partial charge is 0.0894 e. The molecular weight excluding hydrogens is 296 g/mol. The van der Waals surface area contributed by atoms with E-state index in [1.807, 2.05) is 0 Å². The van der Waals surface area contributed by atoms with Gasteiger partial charge in [0.15, 0.2) is 0 Å². The van der Waals surface area contributed by atoms with Crippen molar-refractivity contribution in [2.75, 3.05) is 20.3 Å². The summed E-state index contributed by atoms with van der Waals surface area (Å²) in [6.45, 7) is 3.83. The van der Waals surface area contributed by atoms with Crippen molar-refractivity contribution in [3.8, 4) is 0 Å². The van der Waals surface area contributed by atoms with Gasteiger partial charge in [-0.15, -0.1) is 17.0 Å². The van der Waals surface area contributed by atoms with Crippen LogP contribution >= 0.6 is 29.2 Å². The average molecular weight is 313 g/mol. The largest absolute Gasteiger partial charge is 0.362 e. The van der Waals surface area contributed by atoms with Crippen LogP contribution in [0.2, 0.25) is 0 Å². The van der Waals surface area contributed by atoms with Crippen LogP contribution in [0.1, 0.15) is 11.1 Å². The number of thiocarbonyl (C=S) groups is 1. The molecule has 0 spiro atoms. The third kappa shape index (κ3) is 3.82. The number of halogens is 1. The minimum atomic E-state index is 0. The molecule has 0 N–H and O–H groups in total. The fourth-order valence-electron chi connectivity index (χ4n) is 1.71. The molecule has 0 fully saturated rings. The van der Waals surface area contributed by atoms with E-state index in [9.17, 15) is 0 Å². The topological polar surface area (TPSA) is 6.48 Å². The van der Waals surface area contributed by atoms with Gasteiger partial charge < -0.3 is 9.80 Å². The van der Waals surface area contributed by atoms with Crippen LogP contribution in [0, 0.1) is 6.92 Å². The molecule has 0 bridgehead atoms. The molecule has 2 nitrogen and oxygen atoms in total. The standard InChI is InChI=1S/C13H16N2S.BrH/c1-11-3-5-12(6-4-11)13(16)9-15-8-7-14(2)10-15;/h3-8H,9-10H2,1-2H3;1H. The average Bonchev–Trinajstić information content (AvgIpc) is 2.65. The summed E-state index contributed by atoms with van der Waals surface area (Å²) in [5, 5.41) is 0. The SMILES string of the molecule is Br.Cc1ccc(C(=S)CN2C=CN(C)C2)cc1. The Labute approximate surface area is 119 Å². The van der Waals surface area contributed by atoms with Crippen molar-refractivity contribution in [3.05, 3.63) is 47.8 Å². The zero-order valence-electron chi connectivity index (χ0n) is 10.1. The van der Waals surface area contributed by atoms with E-state index >= 15 is 0 Å². The Morgan fingerprint density at radius 1 is 1.24 bits per heavy atom. The van der Waals surface area contributed by atoms with Crippen LogP contribution in [0.25, 0.3) is 0 Å². The molecule has 0 aromatic heterocycles. The number of nitrogens with zero attached hydrogens (tertiary/aromatic N) is 2. The summed E-state index contributed by atoms with van der Waals surface area (Å²) in [7, 11) is 2.06. The fraction of sp³-hybridized carbons (Fsp3) is 0.308. The van der Waals surface area contributed by atoms with Crippen LogP contribution in [0.15, 0.2) is 36.7 Å². The molecule has 0 unspecified atom stereocenters.